The number of amides is 1. The van der Waals surface area contributed by atoms with Crippen molar-refractivity contribution in [2.75, 3.05) is 0 Å². The van der Waals surface area contributed by atoms with Crippen LogP contribution in [0.15, 0.2) is 30.5 Å². The maximum Gasteiger partial charge on any atom is 0.263 e. The van der Waals surface area contributed by atoms with E-state index in [1.165, 1.54) is 11.3 Å². The highest BCUT2D eigenvalue weighted by Gasteiger charge is 2.08. The number of aliphatic hydroxyl groups excluding tert-OH is 1. The van der Waals surface area contributed by atoms with Gasteiger partial charge in [-0.3, -0.25) is 4.79 Å². The highest BCUT2D eigenvalue weighted by Crippen LogP contribution is 2.11. The number of rotatable bonds is 4. The van der Waals surface area contributed by atoms with Crippen molar-refractivity contribution in [1.82, 2.24) is 10.3 Å². The monoisotopic (exact) mass is 262 g/mol. The molecular weight excluding hydrogens is 248 g/mol. The smallest absolute Gasteiger partial charge is 0.263 e. The van der Waals surface area contributed by atoms with Crippen LogP contribution >= 0.6 is 11.3 Å². The first-order valence-corrected chi connectivity index (χ1v) is 6.40. The summed E-state index contributed by atoms with van der Waals surface area (Å²) in [5, 5.41) is 12.6. The summed E-state index contributed by atoms with van der Waals surface area (Å²) in [6, 6.07) is 7.48. The lowest BCUT2D eigenvalue weighted by atomic mass is 10.1. The summed E-state index contributed by atoms with van der Waals surface area (Å²) in [4.78, 5) is 16.4. The largest absolute Gasteiger partial charge is 0.392 e. The third-order valence-corrected chi connectivity index (χ3v) is 3.42. The third-order valence-electron chi connectivity index (χ3n) is 2.50. The molecule has 0 aliphatic heterocycles. The molecule has 0 radical (unpaired) electrons. The highest BCUT2D eigenvalue weighted by molar-refractivity contribution is 7.13. The van der Waals surface area contributed by atoms with E-state index in [4.69, 9.17) is 5.11 Å². The van der Waals surface area contributed by atoms with Crippen molar-refractivity contribution in [3.8, 4) is 0 Å². The van der Waals surface area contributed by atoms with Crippen molar-refractivity contribution in [2.24, 2.45) is 0 Å². The molecule has 5 heteroatoms. The summed E-state index contributed by atoms with van der Waals surface area (Å²) in [5.74, 6) is -0.105. The Morgan fingerprint density at radius 3 is 2.56 bits per heavy atom. The molecule has 2 rings (SSSR count). The Kier molecular flexibility index (Phi) is 4.07. The number of aryl methyl sites for hydroxylation is 1. The van der Waals surface area contributed by atoms with Gasteiger partial charge in [0.25, 0.3) is 5.91 Å². The topological polar surface area (TPSA) is 62.2 Å². The van der Waals surface area contributed by atoms with Crippen LogP contribution in [-0.2, 0) is 13.2 Å². The summed E-state index contributed by atoms with van der Waals surface area (Å²) in [7, 11) is 0. The molecule has 0 saturated carbocycles. The molecule has 18 heavy (non-hydrogen) atoms. The number of aliphatic hydroxyl groups is 1. The molecule has 2 aromatic rings. The van der Waals surface area contributed by atoms with E-state index >= 15 is 0 Å². The van der Waals surface area contributed by atoms with Crippen LogP contribution < -0.4 is 5.32 Å². The first-order valence-electron chi connectivity index (χ1n) is 5.58. The van der Waals surface area contributed by atoms with E-state index in [1.54, 1.807) is 6.20 Å². The van der Waals surface area contributed by atoms with Crippen LogP contribution in [-0.4, -0.2) is 16.0 Å². The molecule has 0 bridgehead atoms. The van der Waals surface area contributed by atoms with E-state index in [0.29, 0.717) is 11.4 Å². The minimum absolute atomic E-state index is 0.0345. The zero-order valence-corrected chi connectivity index (χ0v) is 10.8. The SMILES string of the molecule is Cc1ncc(C(=O)NCc2ccc(CO)cc2)s1. The maximum absolute atomic E-state index is 11.8. The molecule has 0 aliphatic carbocycles. The van der Waals surface area contributed by atoms with Crippen LogP contribution in [0, 0.1) is 6.92 Å². The Bertz CT molecular complexity index is 534. The van der Waals surface area contributed by atoms with Gasteiger partial charge in [0.2, 0.25) is 0 Å². The number of carbonyl (C=O) groups is 1. The van der Waals surface area contributed by atoms with Crippen LogP contribution in [0.4, 0.5) is 0 Å². The zero-order valence-electron chi connectivity index (χ0n) is 10.0. The van der Waals surface area contributed by atoms with Gasteiger partial charge >= 0.3 is 0 Å². The fourth-order valence-electron chi connectivity index (χ4n) is 1.50. The van der Waals surface area contributed by atoms with Gasteiger partial charge in [0, 0.05) is 6.54 Å². The van der Waals surface area contributed by atoms with Crippen LogP contribution in [0.2, 0.25) is 0 Å². The number of carbonyl (C=O) groups excluding carboxylic acids is 1. The Hall–Kier alpha value is -1.72. The molecule has 0 unspecified atom stereocenters. The van der Waals surface area contributed by atoms with E-state index < -0.39 is 0 Å². The minimum atomic E-state index is -0.105. The number of benzene rings is 1. The number of hydrogen-bond donors (Lipinski definition) is 2. The lowest BCUT2D eigenvalue weighted by molar-refractivity contribution is 0.0954. The fraction of sp³-hybridized carbons (Fsp3) is 0.231. The summed E-state index contributed by atoms with van der Waals surface area (Å²) in [6.45, 7) is 2.38. The second-order valence-corrected chi connectivity index (χ2v) is 5.14. The Labute approximate surface area is 109 Å². The van der Waals surface area contributed by atoms with Gasteiger partial charge < -0.3 is 10.4 Å². The Morgan fingerprint density at radius 2 is 2.00 bits per heavy atom. The third kappa shape index (κ3) is 3.15. The predicted molar refractivity (Wildman–Crippen MR) is 70.4 cm³/mol. The summed E-state index contributed by atoms with van der Waals surface area (Å²) < 4.78 is 0. The Balaban J connectivity index is 1.92. The van der Waals surface area contributed by atoms with E-state index in [2.05, 4.69) is 10.3 Å². The van der Waals surface area contributed by atoms with Gasteiger partial charge in [-0.15, -0.1) is 11.3 Å². The summed E-state index contributed by atoms with van der Waals surface area (Å²) in [6.07, 6.45) is 1.59. The van der Waals surface area contributed by atoms with Gasteiger partial charge in [0.1, 0.15) is 4.88 Å². The molecule has 1 aromatic carbocycles. The first kappa shape index (κ1) is 12.7. The van der Waals surface area contributed by atoms with Crippen molar-refractivity contribution in [1.29, 1.82) is 0 Å². The molecule has 0 fully saturated rings. The normalized spacial score (nSPS) is 10.3. The predicted octanol–water partition coefficient (Wildman–Crippen LogP) is 1.87. The average molecular weight is 262 g/mol. The van der Waals surface area contributed by atoms with Crippen molar-refractivity contribution in [2.45, 2.75) is 20.1 Å². The minimum Gasteiger partial charge on any atom is -0.392 e. The van der Waals surface area contributed by atoms with Crippen molar-refractivity contribution in [3.05, 3.63) is 51.5 Å². The quantitative estimate of drug-likeness (QED) is 0.884. The highest BCUT2D eigenvalue weighted by atomic mass is 32.1. The molecule has 4 nitrogen and oxygen atoms in total. The van der Waals surface area contributed by atoms with E-state index in [1.807, 2.05) is 31.2 Å². The van der Waals surface area contributed by atoms with Gasteiger partial charge in [0.15, 0.2) is 0 Å². The van der Waals surface area contributed by atoms with E-state index in [-0.39, 0.29) is 12.5 Å². The van der Waals surface area contributed by atoms with Gasteiger partial charge in [-0.1, -0.05) is 24.3 Å². The maximum atomic E-state index is 11.8. The average Bonchev–Trinajstić information content (AvgIpc) is 2.83. The van der Waals surface area contributed by atoms with Crippen LogP contribution in [0.5, 0.6) is 0 Å². The van der Waals surface area contributed by atoms with Crippen molar-refractivity contribution < 1.29 is 9.90 Å². The number of nitrogens with zero attached hydrogens (tertiary/aromatic N) is 1. The van der Waals surface area contributed by atoms with Crippen molar-refractivity contribution in [3.63, 3.8) is 0 Å². The number of hydrogen-bond acceptors (Lipinski definition) is 4. The van der Waals surface area contributed by atoms with Crippen molar-refractivity contribution >= 4 is 17.2 Å². The van der Waals surface area contributed by atoms with E-state index in [0.717, 1.165) is 16.1 Å². The van der Waals surface area contributed by atoms with Gasteiger partial charge in [-0.2, -0.15) is 0 Å². The van der Waals surface area contributed by atoms with Crippen LogP contribution in [0.25, 0.3) is 0 Å². The lowest BCUT2D eigenvalue weighted by Crippen LogP contribution is -2.21. The standard InChI is InChI=1S/C13H14N2O2S/c1-9-14-7-12(18-9)13(17)15-6-10-2-4-11(8-16)5-3-10/h2-5,7,16H,6,8H2,1H3,(H,15,17). The molecule has 94 valence electrons. The molecule has 0 aliphatic rings. The van der Waals surface area contributed by atoms with Gasteiger partial charge in [0.05, 0.1) is 17.8 Å². The number of nitrogens with one attached hydrogen (secondary N) is 1. The molecule has 0 spiro atoms. The molecule has 1 aromatic heterocycles. The summed E-state index contributed by atoms with van der Waals surface area (Å²) in [5.41, 5.74) is 1.87. The zero-order chi connectivity index (χ0) is 13.0. The summed E-state index contributed by atoms with van der Waals surface area (Å²) >= 11 is 1.38. The first-order chi connectivity index (χ1) is 8.69. The van der Waals surface area contributed by atoms with Gasteiger partial charge in [-0.25, -0.2) is 4.98 Å². The molecule has 1 heterocycles. The van der Waals surface area contributed by atoms with E-state index in [9.17, 15) is 4.79 Å². The van der Waals surface area contributed by atoms with Crippen LogP contribution in [0.1, 0.15) is 25.8 Å². The second kappa shape index (κ2) is 5.75. The Morgan fingerprint density at radius 1 is 1.33 bits per heavy atom. The number of thiazole rings is 1. The number of aromatic nitrogens is 1. The van der Waals surface area contributed by atoms with Gasteiger partial charge in [-0.05, 0) is 18.1 Å². The molecular formula is C13H14N2O2S. The molecule has 2 N–H and O–H groups in total. The second-order valence-electron chi connectivity index (χ2n) is 3.90. The van der Waals surface area contributed by atoms with Crippen LogP contribution in [0.3, 0.4) is 0 Å². The molecule has 0 atom stereocenters. The molecule has 1 amide bonds. The lowest BCUT2D eigenvalue weighted by Gasteiger charge is -2.04. The fourth-order valence-corrected chi connectivity index (χ4v) is 2.19. The molecule has 0 saturated heterocycles.